The van der Waals surface area contributed by atoms with Crippen molar-refractivity contribution in [2.45, 2.75) is 58.9 Å². The summed E-state index contributed by atoms with van der Waals surface area (Å²) in [7, 11) is 0. The number of rotatable bonds is 7. The Bertz CT molecular complexity index is 792. The summed E-state index contributed by atoms with van der Waals surface area (Å²) in [5.74, 6) is 1.26. The molecule has 1 fully saturated rings. The van der Waals surface area contributed by atoms with Gasteiger partial charge in [0.2, 0.25) is 0 Å². The zero-order chi connectivity index (χ0) is 20.1. The van der Waals surface area contributed by atoms with Crippen LogP contribution in [0.3, 0.4) is 0 Å². The highest BCUT2D eigenvalue weighted by Crippen LogP contribution is 2.43. The maximum absolute atomic E-state index is 12.2. The van der Waals surface area contributed by atoms with Gasteiger partial charge in [-0.3, -0.25) is 4.90 Å². The van der Waals surface area contributed by atoms with E-state index in [4.69, 9.17) is 4.74 Å². The number of hydrogen-bond acceptors (Lipinski definition) is 6. The van der Waals surface area contributed by atoms with Gasteiger partial charge in [0.1, 0.15) is 0 Å². The highest BCUT2D eigenvalue weighted by molar-refractivity contribution is 5.90. The molecule has 7 nitrogen and oxygen atoms in total. The first-order valence-electron chi connectivity index (χ1n) is 10.4. The second-order valence-electron chi connectivity index (χ2n) is 7.57. The summed E-state index contributed by atoms with van der Waals surface area (Å²) >= 11 is 0. The Morgan fingerprint density at radius 3 is 2.61 bits per heavy atom. The molecule has 7 heteroatoms. The lowest BCUT2D eigenvalue weighted by Gasteiger charge is -2.46. The van der Waals surface area contributed by atoms with Crippen molar-refractivity contribution in [3.63, 3.8) is 0 Å². The van der Waals surface area contributed by atoms with E-state index in [2.05, 4.69) is 41.2 Å². The van der Waals surface area contributed by atoms with E-state index in [1.165, 1.54) is 0 Å². The molecule has 0 spiro atoms. The van der Waals surface area contributed by atoms with Gasteiger partial charge in [0.05, 0.1) is 23.4 Å². The molecule has 1 aliphatic rings. The summed E-state index contributed by atoms with van der Waals surface area (Å²) in [6.07, 6.45) is 4.39. The van der Waals surface area contributed by atoms with Gasteiger partial charge in [0.15, 0.2) is 5.82 Å². The minimum absolute atomic E-state index is 0.181. The molecule has 1 heterocycles. The summed E-state index contributed by atoms with van der Waals surface area (Å²) in [6.45, 7) is 10.7. The molecule has 0 unspecified atom stereocenters. The van der Waals surface area contributed by atoms with E-state index >= 15 is 0 Å². The Hall–Kier alpha value is -2.28. The van der Waals surface area contributed by atoms with Gasteiger partial charge >= 0.3 is 5.97 Å². The van der Waals surface area contributed by atoms with Crippen LogP contribution in [0.2, 0.25) is 0 Å². The fourth-order valence-corrected chi connectivity index (χ4v) is 4.38. The third kappa shape index (κ3) is 3.81. The van der Waals surface area contributed by atoms with E-state index in [0.717, 1.165) is 56.2 Å². The van der Waals surface area contributed by atoms with Crippen molar-refractivity contribution in [2.75, 3.05) is 19.7 Å². The number of aromatic nitrogens is 4. The molecule has 0 N–H and O–H groups in total. The van der Waals surface area contributed by atoms with Crippen molar-refractivity contribution in [3.8, 4) is 5.69 Å². The number of ether oxygens (including phenoxy) is 1. The van der Waals surface area contributed by atoms with Crippen LogP contribution in [-0.4, -0.2) is 50.8 Å². The van der Waals surface area contributed by atoms with Gasteiger partial charge in [-0.05, 0) is 80.2 Å². The van der Waals surface area contributed by atoms with Crippen LogP contribution in [0.15, 0.2) is 24.3 Å². The predicted molar refractivity (Wildman–Crippen MR) is 107 cm³/mol. The lowest BCUT2D eigenvalue weighted by Crippen LogP contribution is -2.50. The van der Waals surface area contributed by atoms with Crippen LogP contribution >= 0.6 is 0 Å². The third-order valence-electron chi connectivity index (χ3n) is 5.96. The Kier molecular flexibility index (Phi) is 6.44. The molecule has 1 aromatic heterocycles. The second kappa shape index (κ2) is 8.82. The summed E-state index contributed by atoms with van der Waals surface area (Å²) < 4.78 is 6.95. The number of carbonyl (C=O) groups excluding carboxylic acids is 1. The first-order valence-corrected chi connectivity index (χ1v) is 10.4. The van der Waals surface area contributed by atoms with Gasteiger partial charge in [0.25, 0.3) is 0 Å². The molecule has 3 rings (SSSR count). The normalized spacial score (nSPS) is 22.4. The number of hydrogen-bond donors (Lipinski definition) is 0. The summed E-state index contributed by atoms with van der Waals surface area (Å²) in [6, 6.07) is 7.34. The van der Waals surface area contributed by atoms with Crippen LogP contribution < -0.4 is 0 Å². The molecule has 152 valence electrons. The second-order valence-corrected chi connectivity index (χ2v) is 7.57. The topological polar surface area (TPSA) is 73.1 Å². The van der Waals surface area contributed by atoms with Crippen molar-refractivity contribution in [2.24, 2.45) is 5.92 Å². The third-order valence-corrected chi connectivity index (χ3v) is 5.96. The zero-order valence-corrected chi connectivity index (χ0v) is 17.4. The Morgan fingerprint density at radius 2 is 1.96 bits per heavy atom. The Balaban J connectivity index is 2.04. The zero-order valence-electron chi connectivity index (χ0n) is 17.4. The maximum atomic E-state index is 12.2. The number of tetrazole rings is 1. The van der Waals surface area contributed by atoms with E-state index in [1.807, 2.05) is 12.1 Å². The van der Waals surface area contributed by atoms with Crippen LogP contribution in [0.4, 0.5) is 0 Å². The molecule has 1 saturated carbocycles. The van der Waals surface area contributed by atoms with E-state index in [9.17, 15) is 4.79 Å². The lowest BCUT2D eigenvalue weighted by atomic mass is 9.75. The molecule has 0 radical (unpaired) electrons. The van der Waals surface area contributed by atoms with E-state index in [0.29, 0.717) is 12.2 Å². The molecule has 1 aliphatic carbocycles. The minimum Gasteiger partial charge on any atom is -0.462 e. The van der Waals surface area contributed by atoms with Crippen molar-refractivity contribution in [1.82, 2.24) is 25.1 Å². The summed E-state index contributed by atoms with van der Waals surface area (Å²) in [5, 5.41) is 12.8. The number of benzene rings is 1. The predicted octanol–water partition coefficient (Wildman–Crippen LogP) is 3.59. The van der Waals surface area contributed by atoms with Gasteiger partial charge in [-0.2, -0.15) is 4.68 Å². The van der Waals surface area contributed by atoms with E-state index in [-0.39, 0.29) is 11.5 Å². The molecule has 0 amide bonds. The van der Waals surface area contributed by atoms with Crippen molar-refractivity contribution >= 4 is 5.97 Å². The largest absolute Gasteiger partial charge is 0.462 e. The lowest BCUT2D eigenvalue weighted by molar-refractivity contribution is 0.0336. The molecule has 0 atom stereocenters. The molecular formula is C21H31N5O2. The average molecular weight is 386 g/mol. The van der Waals surface area contributed by atoms with Crippen LogP contribution in [0, 0.1) is 5.92 Å². The number of carbonyl (C=O) groups is 1. The fourth-order valence-electron chi connectivity index (χ4n) is 4.38. The van der Waals surface area contributed by atoms with Crippen molar-refractivity contribution < 1.29 is 9.53 Å². The molecule has 2 aromatic rings. The number of esters is 1. The standard InChI is InChI=1S/C21H31N5O2/c1-5-25(6-2)21(13-11-16(4)12-14-21)20-22-23-24-26(20)18-10-8-9-17(15-18)19(27)28-7-3/h8-10,15-16H,5-7,11-14H2,1-4H3. The van der Waals surface area contributed by atoms with Crippen molar-refractivity contribution in [3.05, 3.63) is 35.7 Å². The molecule has 0 bridgehead atoms. The molecular weight excluding hydrogens is 354 g/mol. The van der Waals surface area contributed by atoms with Crippen molar-refractivity contribution in [1.29, 1.82) is 0 Å². The highest BCUT2D eigenvalue weighted by atomic mass is 16.5. The van der Waals surface area contributed by atoms with Crippen LogP contribution in [0.5, 0.6) is 0 Å². The molecule has 0 saturated heterocycles. The fraction of sp³-hybridized carbons (Fsp3) is 0.619. The number of nitrogens with zero attached hydrogens (tertiary/aromatic N) is 5. The first-order chi connectivity index (χ1) is 13.6. The maximum Gasteiger partial charge on any atom is 0.338 e. The van der Waals surface area contributed by atoms with Gasteiger partial charge in [-0.1, -0.05) is 26.8 Å². The van der Waals surface area contributed by atoms with Gasteiger partial charge in [-0.25, -0.2) is 4.79 Å². The summed E-state index contributed by atoms with van der Waals surface area (Å²) in [5.41, 5.74) is 1.12. The SMILES string of the molecule is CCOC(=O)c1cccc(-n2nnnc2C2(N(CC)CC)CCC(C)CC2)c1. The van der Waals surface area contributed by atoms with E-state index < -0.39 is 0 Å². The average Bonchev–Trinajstić information content (AvgIpc) is 3.21. The van der Waals surface area contributed by atoms with Crippen LogP contribution in [0.25, 0.3) is 5.69 Å². The quantitative estimate of drug-likeness (QED) is 0.678. The Labute approximate surface area is 167 Å². The van der Waals surface area contributed by atoms with Gasteiger partial charge < -0.3 is 4.74 Å². The van der Waals surface area contributed by atoms with Crippen LogP contribution in [0.1, 0.15) is 69.6 Å². The van der Waals surface area contributed by atoms with Gasteiger partial charge in [-0.15, -0.1) is 5.10 Å². The molecule has 0 aliphatic heterocycles. The highest BCUT2D eigenvalue weighted by Gasteiger charge is 2.44. The monoisotopic (exact) mass is 385 g/mol. The van der Waals surface area contributed by atoms with Crippen LogP contribution in [-0.2, 0) is 10.3 Å². The molecule has 1 aromatic carbocycles. The van der Waals surface area contributed by atoms with E-state index in [1.54, 1.807) is 23.7 Å². The Morgan fingerprint density at radius 1 is 1.25 bits per heavy atom. The minimum atomic E-state index is -0.330. The first kappa shape index (κ1) is 20.5. The molecule has 28 heavy (non-hydrogen) atoms. The van der Waals surface area contributed by atoms with Gasteiger partial charge in [0, 0.05) is 0 Å². The smallest absolute Gasteiger partial charge is 0.338 e. The summed E-state index contributed by atoms with van der Waals surface area (Å²) in [4.78, 5) is 14.6.